The van der Waals surface area contributed by atoms with Gasteiger partial charge in [0.25, 0.3) is 0 Å². The Labute approximate surface area is 128 Å². The molecule has 0 fully saturated rings. The highest BCUT2D eigenvalue weighted by atomic mass is 19.2. The first-order valence-corrected chi connectivity index (χ1v) is 7.54. The summed E-state index contributed by atoms with van der Waals surface area (Å²) in [6, 6.07) is 8.51. The van der Waals surface area contributed by atoms with Crippen molar-refractivity contribution in [2.24, 2.45) is 0 Å². The number of hydrogen-bond acceptors (Lipinski definition) is 2. The lowest BCUT2D eigenvalue weighted by Crippen LogP contribution is -2.31. The van der Waals surface area contributed by atoms with Crippen molar-refractivity contribution in [3.63, 3.8) is 0 Å². The van der Waals surface area contributed by atoms with Gasteiger partial charge in [0, 0.05) is 25.4 Å². The van der Waals surface area contributed by atoms with Crippen LogP contribution in [0, 0.1) is 11.6 Å². The van der Waals surface area contributed by atoms with Crippen LogP contribution in [-0.4, -0.2) is 25.1 Å². The summed E-state index contributed by atoms with van der Waals surface area (Å²) in [6.07, 6.45) is 0.947. The van der Waals surface area contributed by atoms with Gasteiger partial charge in [-0.3, -0.25) is 0 Å². The molecular weight excluding hydrogens is 284 g/mol. The highest BCUT2D eigenvalue weighted by molar-refractivity contribution is 5.50. The predicted octanol–water partition coefficient (Wildman–Crippen LogP) is 3.48. The van der Waals surface area contributed by atoms with Gasteiger partial charge in [0.05, 0.1) is 6.61 Å². The normalized spacial score (nSPS) is 20.4. The molecule has 1 unspecified atom stereocenters. The summed E-state index contributed by atoms with van der Waals surface area (Å²) in [5, 5.41) is 0. The Balaban J connectivity index is 1.82. The van der Waals surface area contributed by atoms with Gasteiger partial charge in [-0.2, -0.15) is 0 Å². The fraction of sp³-hybridized carbons (Fsp3) is 0.333. The molecular formula is C18H17F2NO. The first kappa shape index (κ1) is 13.7. The van der Waals surface area contributed by atoms with Crippen LogP contribution in [0.15, 0.2) is 30.3 Å². The van der Waals surface area contributed by atoms with Gasteiger partial charge >= 0.3 is 0 Å². The van der Waals surface area contributed by atoms with Crippen molar-refractivity contribution in [2.75, 3.05) is 20.2 Å². The Morgan fingerprint density at radius 2 is 1.95 bits per heavy atom. The van der Waals surface area contributed by atoms with E-state index in [1.165, 1.54) is 28.8 Å². The topological polar surface area (TPSA) is 12.5 Å². The molecule has 0 amide bonds. The second-order valence-electron chi connectivity index (χ2n) is 6.18. The molecule has 2 aliphatic heterocycles. The predicted molar refractivity (Wildman–Crippen MR) is 80.2 cm³/mol. The van der Waals surface area contributed by atoms with Crippen molar-refractivity contribution >= 4 is 0 Å². The zero-order valence-electron chi connectivity index (χ0n) is 12.4. The van der Waals surface area contributed by atoms with Crippen molar-refractivity contribution in [2.45, 2.75) is 18.9 Å². The van der Waals surface area contributed by atoms with Gasteiger partial charge in [-0.25, -0.2) is 8.78 Å². The number of likely N-dealkylation sites (N-methyl/N-ethyl adjacent to an activating group) is 1. The van der Waals surface area contributed by atoms with Crippen LogP contribution in [0.5, 0.6) is 5.75 Å². The van der Waals surface area contributed by atoms with Crippen LogP contribution in [0.3, 0.4) is 0 Å². The van der Waals surface area contributed by atoms with Gasteiger partial charge in [-0.05, 0) is 47.5 Å². The summed E-state index contributed by atoms with van der Waals surface area (Å²) in [6.45, 7) is 2.39. The maximum atomic E-state index is 13.6. The summed E-state index contributed by atoms with van der Waals surface area (Å²) < 4.78 is 32.5. The Morgan fingerprint density at radius 3 is 2.77 bits per heavy atom. The Morgan fingerprint density at radius 1 is 1.09 bits per heavy atom. The minimum Gasteiger partial charge on any atom is -0.493 e. The summed E-state index contributed by atoms with van der Waals surface area (Å²) >= 11 is 0. The summed E-state index contributed by atoms with van der Waals surface area (Å²) in [7, 11) is 2.06. The van der Waals surface area contributed by atoms with E-state index in [1.807, 2.05) is 0 Å². The first-order chi connectivity index (χ1) is 10.6. The van der Waals surface area contributed by atoms with Crippen LogP contribution in [-0.2, 0) is 13.0 Å². The largest absolute Gasteiger partial charge is 0.493 e. The van der Waals surface area contributed by atoms with E-state index >= 15 is 0 Å². The van der Waals surface area contributed by atoms with E-state index in [1.54, 1.807) is 6.07 Å². The van der Waals surface area contributed by atoms with Gasteiger partial charge in [-0.1, -0.05) is 12.1 Å². The average molecular weight is 301 g/mol. The van der Waals surface area contributed by atoms with Gasteiger partial charge in [0.15, 0.2) is 11.6 Å². The molecule has 2 aromatic carbocycles. The van der Waals surface area contributed by atoms with Gasteiger partial charge in [-0.15, -0.1) is 0 Å². The lowest BCUT2D eigenvalue weighted by Gasteiger charge is -2.33. The number of halogens is 2. The van der Waals surface area contributed by atoms with Crippen molar-refractivity contribution in [1.29, 1.82) is 0 Å². The van der Waals surface area contributed by atoms with Crippen LogP contribution in [0.25, 0.3) is 0 Å². The smallest absolute Gasteiger partial charge is 0.159 e. The third-order valence-electron chi connectivity index (χ3n) is 4.61. The molecule has 2 heterocycles. The SMILES string of the molecule is CN1Cc2cc3c(cc2C(c2ccc(F)c(F)c2)C1)OCC3. The van der Waals surface area contributed by atoms with Crippen molar-refractivity contribution < 1.29 is 13.5 Å². The lowest BCUT2D eigenvalue weighted by molar-refractivity contribution is 0.294. The molecule has 0 saturated carbocycles. The Hall–Kier alpha value is -1.94. The van der Waals surface area contributed by atoms with E-state index < -0.39 is 11.6 Å². The van der Waals surface area contributed by atoms with Crippen LogP contribution in [0.4, 0.5) is 8.78 Å². The maximum absolute atomic E-state index is 13.6. The Bertz CT molecular complexity index is 744. The van der Waals surface area contributed by atoms with E-state index in [2.05, 4.69) is 24.1 Å². The summed E-state index contributed by atoms with van der Waals surface area (Å²) in [5.41, 5.74) is 4.49. The summed E-state index contributed by atoms with van der Waals surface area (Å²) in [5.74, 6) is -0.607. The minimum atomic E-state index is -0.801. The summed E-state index contributed by atoms with van der Waals surface area (Å²) in [4.78, 5) is 2.22. The number of hydrogen-bond donors (Lipinski definition) is 0. The van der Waals surface area contributed by atoms with E-state index in [4.69, 9.17) is 4.74 Å². The number of nitrogens with zero attached hydrogens (tertiary/aromatic N) is 1. The van der Waals surface area contributed by atoms with E-state index in [9.17, 15) is 8.78 Å². The standard InChI is InChI=1S/C18H17F2NO/c1-21-9-13-6-12-4-5-22-18(12)8-14(13)15(10-21)11-2-3-16(19)17(20)7-11/h2-3,6-8,15H,4-5,9-10H2,1H3. The maximum Gasteiger partial charge on any atom is 0.159 e. The van der Waals surface area contributed by atoms with Crippen LogP contribution >= 0.6 is 0 Å². The van der Waals surface area contributed by atoms with E-state index in [-0.39, 0.29) is 5.92 Å². The zero-order valence-corrected chi connectivity index (χ0v) is 12.4. The molecule has 2 aliphatic rings. The van der Waals surface area contributed by atoms with E-state index in [0.717, 1.165) is 37.4 Å². The van der Waals surface area contributed by atoms with Crippen molar-refractivity contribution in [3.8, 4) is 5.75 Å². The quantitative estimate of drug-likeness (QED) is 0.799. The molecule has 0 N–H and O–H groups in total. The molecule has 2 nitrogen and oxygen atoms in total. The molecule has 0 aliphatic carbocycles. The third-order valence-corrected chi connectivity index (χ3v) is 4.61. The van der Waals surface area contributed by atoms with Crippen molar-refractivity contribution in [1.82, 2.24) is 4.90 Å². The molecule has 4 heteroatoms. The van der Waals surface area contributed by atoms with Gasteiger partial charge in [0.2, 0.25) is 0 Å². The number of fused-ring (bicyclic) bond motifs is 2. The Kier molecular flexibility index (Phi) is 3.15. The zero-order chi connectivity index (χ0) is 15.3. The average Bonchev–Trinajstić information content (AvgIpc) is 2.94. The van der Waals surface area contributed by atoms with Crippen LogP contribution < -0.4 is 4.74 Å². The highest BCUT2D eigenvalue weighted by Crippen LogP contribution is 2.38. The second kappa shape index (κ2) is 5.06. The van der Waals surface area contributed by atoms with E-state index in [0.29, 0.717) is 0 Å². The number of benzene rings is 2. The van der Waals surface area contributed by atoms with Crippen LogP contribution in [0.2, 0.25) is 0 Å². The fourth-order valence-corrected chi connectivity index (χ4v) is 3.53. The monoisotopic (exact) mass is 301 g/mol. The molecule has 22 heavy (non-hydrogen) atoms. The molecule has 0 bridgehead atoms. The number of rotatable bonds is 1. The molecule has 0 aromatic heterocycles. The number of ether oxygens (including phenoxy) is 1. The molecule has 0 saturated heterocycles. The minimum absolute atomic E-state index is 0.0401. The van der Waals surface area contributed by atoms with Crippen LogP contribution in [0.1, 0.15) is 28.2 Å². The third kappa shape index (κ3) is 2.18. The lowest BCUT2D eigenvalue weighted by atomic mass is 9.83. The molecule has 1 atom stereocenters. The van der Waals surface area contributed by atoms with Gasteiger partial charge in [0.1, 0.15) is 5.75 Å². The second-order valence-corrected chi connectivity index (χ2v) is 6.18. The van der Waals surface area contributed by atoms with Crippen molar-refractivity contribution in [3.05, 3.63) is 64.2 Å². The molecule has 0 radical (unpaired) electrons. The fourth-order valence-electron chi connectivity index (χ4n) is 3.53. The first-order valence-electron chi connectivity index (χ1n) is 7.54. The molecule has 0 spiro atoms. The highest BCUT2D eigenvalue weighted by Gasteiger charge is 2.28. The van der Waals surface area contributed by atoms with Gasteiger partial charge < -0.3 is 9.64 Å². The molecule has 2 aromatic rings. The molecule has 4 rings (SSSR count). The molecule has 114 valence electrons.